The minimum atomic E-state index is -0.446. The molecule has 0 aliphatic carbocycles. The van der Waals surface area contributed by atoms with Gasteiger partial charge in [-0.1, -0.05) is 382 Å². The van der Waals surface area contributed by atoms with E-state index in [0.29, 0.717) is 0 Å². The van der Waals surface area contributed by atoms with Gasteiger partial charge in [-0.3, -0.25) is 4.98 Å². The molecule has 0 N–H and O–H groups in total. The number of hydrogen-bond donors (Lipinski definition) is 0. The van der Waals surface area contributed by atoms with Crippen LogP contribution in [-0.4, -0.2) is 43.6 Å². The van der Waals surface area contributed by atoms with Crippen LogP contribution in [0, 0.1) is 12.3 Å². The predicted molar refractivity (Wildman–Crippen MR) is 477 cm³/mol. The zero-order valence-corrected chi connectivity index (χ0v) is 72.7. The molecule has 2 aliphatic heterocycles. The second-order valence-corrected chi connectivity index (χ2v) is 33.1. The van der Waals surface area contributed by atoms with Crippen molar-refractivity contribution in [1.29, 1.82) is 0 Å². The third kappa shape index (κ3) is 31.4. The van der Waals surface area contributed by atoms with Crippen LogP contribution in [0.5, 0.6) is 0 Å². The molecule has 1 fully saturated rings. The molecule has 0 spiro atoms. The number of aliphatic imine (C=N–C) groups is 2. The summed E-state index contributed by atoms with van der Waals surface area (Å²) in [7, 11) is -1.78. The minimum absolute atomic E-state index is 0. The van der Waals surface area contributed by atoms with Gasteiger partial charge in [0.15, 0.2) is 0 Å². The van der Waals surface area contributed by atoms with Gasteiger partial charge in [-0.2, -0.15) is 28.2 Å². The number of benzene rings is 12. The summed E-state index contributed by atoms with van der Waals surface area (Å²) in [6.07, 6.45) is 14.1. The Morgan fingerprint density at radius 1 is 0.315 bits per heavy atom. The molecule has 0 unspecified atom stereocenters. The average Bonchev–Trinajstić information content (AvgIpc) is 1.26. The van der Waals surface area contributed by atoms with E-state index in [-0.39, 0.29) is 36.2 Å². The molecule has 550 valence electrons. The Morgan fingerprint density at radius 2 is 0.586 bits per heavy atom. The van der Waals surface area contributed by atoms with Crippen LogP contribution in [0.3, 0.4) is 0 Å². The van der Waals surface area contributed by atoms with Crippen LogP contribution in [-0.2, 0) is 41.5 Å². The quantitative estimate of drug-likeness (QED) is 0.0377. The van der Waals surface area contributed by atoms with E-state index in [2.05, 4.69) is 420 Å². The van der Waals surface area contributed by atoms with Crippen molar-refractivity contribution in [3.8, 4) is 11.4 Å². The zero-order valence-electron chi connectivity index (χ0n) is 60.7. The van der Waals surface area contributed by atoms with Gasteiger partial charge in [0.05, 0.1) is 11.4 Å². The maximum absolute atomic E-state index is 5.64. The summed E-state index contributed by atoms with van der Waals surface area (Å²) in [5.41, 5.74) is 1.53. The molecule has 17 rings (SSSR count). The van der Waals surface area contributed by atoms with Gasteiger partial charge >= 0.3 is 41.2 Å². The first-order valence-electron chi connectivity index (χ1n) is 35.3. The van der Waals surface area contributed by atoms with Crippen molar-refractivity contribution < 1.29 is 41.5 Å². The van der Waals surface area contributed by atoms with Gasteiger partial charge in [0.2, 0.25) is 10.6 Å². The molecule has 0 radical (unpaired) electrons. The number of allylic oxidation sites excluding steroid dienone is 1. The van der Waals surface area contributed by atoms with Crippen molar-refractivity contribution in [2.75, 3.05) is 13.2 Å². The fourth-order valence-electron chi connectivity index (χ4n) is 10.8. The normalized spacial score (nSPS) is 11.2. The first-order valence-corrected chi connectivity index (χ1v) is 48.8. The van der Waals surface area contributed by atoms with Gasteiger partial charge in [0.1, 0.15) is 0 Å². The Morgan fingerprint density at radius 3 is 0.757 bits per heavy atom. The molecule has 0 atom stereocenters. The van der Waals surface area contributed by atoms with Crippen LogP contribution in [0.2, 0.25) is 5.28 Å². The van der Waals surface area contributed by atoms with E-state index in [1.165, 1.54) is 99.0 Å². The van der Waals surface area contributed by atoms with Crippen molar-refractivity contribution in [1.82, 2.24) is 19.9 Å². The first-order chi connectivity index (χ1) is 54.4. The van der Waals surface area contributed by atoms with Crippen LogP contribution >= 0.6 is 80.1 Å². The van der Waals surface area contributed by atoms with Gasteiger partial charge in [0.25, 0.3) is 6.20 Å². The number of hydrogen-bond acceptors (Lipinski definition) is 7. The summed E-state index contributed by atoms with van der Waals surface area (Å²) in [5, 5.41) is 17.4. The smallest absolute Gasteiger partial charge is 0.0134 e. The van der Waals surface area contributed by atoms with Crippen molar-refractivity contribution in [3.05, 3.63) is 449 Å². The standard InChI is InChI=1S/4C18H15P.C9H6ClN3.C5H4N.C4HCl2N2.C4H8O.BrH.Pd.Zn/c4*1-4-10-16(11-5-1)19(17-12-6-2-7-13-17)18-14-8-3-9-15-18;10-9-12-6-4-8(13-9)7-3-1-2-5-11-7;1-2-4-6-5-3-1;5-3-1-2-7-4(6)8-3;1-2-4-5-3-1;;;/h4*1-15H;1-6H;1-4H;2H;1-4H2;1H;;/q;;;;;-1;+1;;;;+2/p-1. The molecule has 17 heteroatoms. The number of aromatic nitrogens is 4. The first kappa shape index (κ1) is 87.9. The maximum atomic E-state index is 5.64. The summed E-state index contributed by atoms with van der Waals surface area (Å²) in [6, 6.07) is 142. The number of pyridine rings is 2. The van der Waals surface area contributed by atoms with Crippen LogP contribution in [0.4, 0.5) is 0 Å². The summed E-state index contributed by atoms with van der Waals surface area (Å²) in [6.45, 7) is 2.00. The number of halogens is 4. The van der Waals surface area contributed by atoms with Crippen LogP contribution < -0.4 is 63.7 Å². The number of rotatable bonds is 13. The zero-order chi connectivity index (χ0) is 76.5. The average molecular weight is 1790 g/mol. The van der Waals surface area contributed by atoms with Gasteiger partial charge in [-0.15, -0.1) is 0 Å². The number of nitrogens with zero attached hydrogens (tertiary/aromatic N) is 6. The Bertz CT molecular complexity index is 4100. The van der Waals surface area contributed by atoms with Gasteiger partial charge < -0.3 is 9.72 Å². The second-order valence-electron chi connectivity index (χ2n) is 23.1. The van der Waals surface area contributed by atoms with Gasteiger partial charge in [0, 0.05) is 46.0 Å². The Labute approximate surface area is 705 Å². The third-order valence-electron chi connectivity index (χ3n) is 15.6. The molecule has 7 nitrogen and oxygen atoms in total. The fraction of sp³-hybridized carbons (Fsp3) is 0.0426. The third-order valence-corrected chi connectivity index (χ3v) is 25.9. The molecule has 5 heterocycles. The van der Waals surface area contributed by atoms with E-state index in [9.17, 15) is 0 Å². The van der Waals surface area contributed by atoms with E-state index >= 15 is 0 Å². The van der Waals surface area contributed by atoms with Crippen LogP contribution in [0.25, 0.3) is 11.4 Å². The molecule has 0 amide bonds. The van der Waals surface area contributed by atoms with Crippen molar-refractivity contribution in [2.24, 2.45) is 9.98 Å². The van der Waals surface area contributed by atoms with E-state index in [0.717, 1.165) is 24.6 Å². The Kier molecular flexibility index (Phi) is 42.2. The van der Waals surface area contributed by atoms with Gasteiger partial charge in [-0.25, -0.2) is 9.97 Å². The minimum Gasteiger partial charge on any atom is -0.394 e. The summed E-state index contributed by atoms with van der Waals surface area (Å²) in [4.78, 5) is 22.7. The second kappa shape index (κ2) is 53.3. The Hall–Kier alpha value is -8.67. The number of amidine groups is 1. The molecular weight excluding hydrogens is 1710 g/mol. The van der Waals surface area contributed by atoms with E-state index < -0.39 is 31.7 Å². The molecule has 0 bridgehead atoms. The molecule has 1 saturated heterocycles. The van der Waals surface area contributed by atoms with Crippen molar-refractivity contribution >= 4 is 154 Å². The van der Waals surface area contributed by atoms with E-state index in [1.54, 1.807) is 30.7 Å². The predicted octanol–water partition coefficient (Wildman–Crippen LogP) is 20.0. The van der Waals surface area contributed by atoms with Gasteiger partial charge in [-0.05, 0) is 161 Å². The van der Waals surface area contributed by atoms with E-state index in [1.807, 2.05) is 30.3 Å². The van der Waals surface area contributed by atoms with Crippen molar-refractivity contribution in [2.45, 2.75) is 12.8 Å². The number of ether oxygens (including phenoxy) is 1. The Balaban J connectivity index is 0.000000164. The van der Waals surface area contributed by atoms with Crippen LogP contribution in [0.15, 0.2) is 441 Å². The maximum Gasteiger partial charge on any atom is -0.0134 e. The fourth-order valence-corrected chi connectivity index (χ4v) is 20.4. The van der Waals surface area contributed by atoms with Crippen LogP contribution in [0.1, 0.15) is 12.8 Å². The molecular formula is C94H79BrCl3N6OP4PdZn+. The molecule has 111 heavy (non-hydrogen) atoms. The molecule has 0 saturated carbocycles. The molecule has 2 aliphatic rings. The molecule has 15 aromatic rings. The molecule has 12 aromatic carbocycles. The topological polar surface area (TPSA) is 85.5 Å². The monoisotopic (exact) mass is 1790 g/mol. The summed E-state index contributed by atoms with van der Waals surface area (Å²) >= 11 is 20.6. The van der Waals surface area contributed by atoms with E-state index in [4.69, 9.17) is 39.5 Å². The summed E-state index contributed by atoms with van der Waals surface area (Å²) < 4.78 is 4.94. The largest absolute Gasteiger partial charge is 0.394 e. The molecule has 3 aromatic heterocycles. The van der Waals surface area contributed by atoms with Crippen molar-refractivity contribution in [3.63, 3.8) is 0 Å². The SMILES string of the molecule is C1CCOC1.ClC1=NC(Cl)=NC=[C+]1.Clc1nccc(-c2ccccn2)n1.[Pd].[Zn+][Br].[c-]1ccccn1.c1ccc(P(c2ccccc2)c2ccccc2)cc1.c1ccc(P(c2ccccc2)c2ccccc2)cc1.c1ccc(P(c2ccccc2)c2ccccc2)cc1.c1ccc(P(c2ccccc2)c2ccccc2)cc1. The summed E-state index contributed by atoms with van der Waals surface area (Å²) in [5.74, 6) is 0.